The van der Waals surface area contributed by atoms with Gasteiger partial charge in [0, 0.05) is 11.3 Å². The van der Waals surface area contributed by atoms with Crippen LogP contribution in [-0.4, -0.2) is 25.8 Å². The first-order valence-electron chi connectivity index (χ1n) is 6.82. The van der Waals surface area contributed by atoms with Gasteiger partial charge in [0.15, 0.2) is 0 Å². The number of ether oxygens (including phenoxy) is 2. The minimum absolute atomic E-state index is 0.278. The molecule has 1 aromatic carbocycles. The second-order valence-electron chi connectivity index (χ2n) is 4.45. The van der Waals surface area contributed by atoms with Gasteiger partial charge >= 0.3 is 12.1 Å². The first kappa shape index (κ1) is 16.0. The summed E-state index contributed by atoms with van der Waals surface area (Å²) in [4.78, 5) is 24.4. The van der Waals surface area contributed by atoms with E-state index in [-0.39, 0.29) is 6.61 Å². The zero-order valence-electron chi connectivity index (χ0n) is 12.4. The van der Waals surface area contributed by atoms with Crippen LogP contribution >= 0.6 is 11.3 Å². The number of hydrogen-bond acceptors (Lipinski definition) is 5. The van der Waals surface area contributed by atoms with Crippen molar-refractivity contribution in [1.29, 1.82) is 0 Å². The average molecular weight is 319 g/mol. The quantitative estimate of drug-likeness (QED) is 0.854. The molecule has 2 rings (SSSR count). The first-order valence-corrected chi connectivity index (χ1v) is 7.64. The Hall–Kier alpha value is -2.34. The standard InChI is InChI=1S/C16H17NO4S/c1-3-21-15(18)13-10-12(9-11-7-5-4-6-8-11)22-14(13)17-16(19)20-2/h4-8,10H,3,9H2,1-2H3,(H,17,19). The topological polar surface area (TPSA) is 64.6 Å². The number of esters is 1. The molecule has 0 aliphatic rings. The van der Waals surface area contributed by atoms with Gasteiger partial charge in [0.1, 0.15) is 5.00 Å². The minimum Gasteiger partial charge on any atom is -0.462 e. The van der Waals surface area contributed by atoms with Gasteiger partial charge in [-0.25, -0.2) is 9.59 Å². The molecule has 1 heterocycles. The van der Waals surface area contributed by atoms with Crippen LogP contribution in [0.2, 0.25) is 0 Å². The van der Waals surface area contributed by atoms with Crippen LogP contribution in [0.15, 0.2) is 36.4 Å². The molecule has 0 spiro atoms. The molecule has 22 heavy (non-hydrogen) atoms. The molecule has 1 aromatic heterocycles. The number of benzene rings is 1. The van der Waals surface area contributed by atoms with E-state index in [9.17, 15) is 9.59 Å². The Morgan fingerprint density at radius 1 is 1.23 bits per heavy atom. The van der Waals surface area contributed by atoms with Crippen LogP contribution in [0.4, 0.5) is 9.80 Å². The van der Waals surface area contributed by atoms with Crippen molar-refractivity contribution >= 4 is 28.4 Å². The Morgan fingerprint density at radius 2 is 1.95 bits per heavy atom. The molecular formula is C16H17NO4S. The smallest absolute Gasteiger partial charge is 0.411 e. The Bertz CT molecular complexity index is 651. The summed E-state index contributed by atoms with van der Waals surface area (Å²) in [5.74, 6) is -0.454. The zero-order valence-corrected chi connectivity index (χ0v) is 13.2. The summed E-state index contributed by atoms with van der Waals surface area (Å²) in [5.41, 5.74) is 1.48. The normalized spacial score (nSPS) is 10.1. The number of nitrogens with one attached hydrogen (secondary N) is 1. The number of carbonyl (C=O) groups is 2. The molecule has 0 atom stereocenters. The van der Waals surface area contributed by atoms with Gasteiger partial charge in [-0.05, 0) is 18.6 Å². The molecule has 2 aromatic rings. The van der Waals surface area contributed by atoms with Crippen molar-refractivity contribution in [2.45, 2.75) is 13.3 Å². The van der Waals surface area contributed by atoms with Gasteiger partial charge in [0.05, 0.1) is 19.3 Å². The molecule has 0 bridgehead atoms. The predicted octanol–water partition coefficient (Wildman–Crippen LogP) is 3.69. The van der Waals surface area contributed by atoms with Gasteiger partial charge in [0.2, 0.25) is 0 Å². The summed E-state index contributed by atoms with van der Waals surface area (Å²) in [5, 5.41) is 3.00. The van der Waals surface area contributed by atoms with Gasteiger partial charge in [-0.2, -0.15) is 0 Å². The van der Waals surface area contributed by atoms with E-state index in [1.54, 1.807) is 13.0 Å². The summed E-state index contributed by atoms with van der Waals surface area (Å²) in [6, 6.07) is 11.6. The lowest BCUT2D eigenvalue weighted by Crippen LogP contribution is -2.13. The maximum absolute atomic E-state index is 12.0. The summed E-state index contributed by atoms with van der Waals surface area (Å²) in [6.45, 7) is 2.02. The summed E-state index contributed by atoms with van der Waals surface area (Å²) >= 11 is 1.34. The van der Waals surface area contributed by atoms with Gasteiger partial charge in [0.25, 0.3) is 0 Å². The van der Waals surface area contributed by atoms with E-state index in [2.05, 4.69) is 10.1 Å². The monoisotopic (exact) mass is 319 g/mol. The molecule has 0 unspecified atom stereocenters. The van der Waals surface area contributed by atoms with E-state index in [0.717, 1.165) is 10.4 Å². The van der Waals surface area contributed by atoms with Gasteiger partial charge in [-0.15, -0.1) is 11.3 Å². The van der Waals surface area contributed by atoms with E-state index in [4.69, 9.17) is 4.74 Å². The van der Waals surface area contributed by atoms with Crippen molar-refractivity contribution in [2.24, 2.45) is 0 Å². The Balaban J connectivity index is 2.26. The SMILES string of the molecule is CCOC(=O)c1cc(Cc2ccccc2)sc1NC(=O)OC. The molecule has 0 saturated carbocycles. The molecule has 1 amide bonds. The third kappa shape index (κ3) is 4.08. The summed E-state index contributed by atoms with van der Waals surface area (Å²) in [6.07, 6.45) is 0.0690. The first-order chi connectivity index (χ1) is 10.6. The highest BCUT2D eigenvalue weighted by atomic mass is 32.1. The largest absolute Gasteiger partial charge is 0.462 e. The van der Waals surface area contributed by atoms with E-state index >= 15 is 0 Å². The van der Waals surface area contributed by atoms with Crippen molar-refractivity contribution in [3.05, 3.63) is 52.4 Å². The zero-order chi connectivity index (χ0) is 15.9. The van der Waals surface area contributed by atoms with E-state index in [0.29, 0.717) is 17.0 Å². The number of amides is 1. The van der Waals surface area contributed by atoms with E-state index < -0.39 is 12.1 Å². The Kier molecular flexibility index (Phi) is 5.55. The second-order valence-corrected chi connectivity index (χ2v) is 5.59. The molecule has 1 N–H and O–H groups in total. The molecule has 6 heteroatoms. The maximum atomic E-state index is 12.0. The molecule has 0 radical (unpaired) electrons. The van der Waals surface area contributed by atoms with Crippen molar-refractivity contribution in [2.75, 3.05) is 19.0 Å². The lowest BCUT2D eigenvalue weighted by molar-refractivity contribution is 0.0528. The Labute approximate surface area is 132 Å². The average Bonchev–Trinajstić information content (AvgIpc) is 2.91. The second kappa shape index (κ2) is 7.61. The van der Waals surface area contributed by atoms with Crippen LogP contribution in [0.5, 0.6) is 0 Å². The highest BCUT2D eigenvalue weighted by molar-refractivity contribution is 7.16. The summed E-state index contributed by atoms with van der Waals surface area (Å²) < 4.78 is 9.60. The van der Waals surface area contributed by atoms with Crippen LogP contribution in [0.1, 0.15) is 27.7 Å². The molecule has 5 nitrogen and oxygen atoms in total. The van der Waals surface area contributed by atoms with Gasteiger partial charge < -0.3 is 9.47 Å². The van der Waals surface area contributed by atoms with Crippen LogP contribution in [-0.2, 0) is 15.9 Å². The van der Waals surface area contributed by atoms with E-state index in [1.807, 2.05) is 30.3 Å². The van der Waals surface area contributed by atoms with Crippen LogP contribution < -0.4 is 5.32 Å². The molecule has 0 aliphatic carbocycles. The highest BCUT2D eigenvalue weighted by Gasteiger charge is 2.19. The fraction of sp³-hybridized carbons (Fsp3) is 0.250. The lowest BCUT2D eigenvalue weighted by Gasteiger charge is -2.04. The number of thiophene rings is 1. The number of hydrogen-bond donors (Lipinski definition) is 1. The fourth-order valence-corrected chi connectivity index (χ4v) is 2.99. The number of anilines is 1. The number of carbonyl (C=O) groups excluding carboxylic acids is 2. The van der Waals surface area contributed by atoms with Crippen LogP contribution in [0.3, 0.4) is 0 Å². The van der Waals surface area contributed by atoms with Crippen LogP contribution in [0.25, 0.3) is 0 Å². The van der Waals surface area contributed by atoms with Crippen molar-refractivity contribution < 1.29 is 19.1 Å². The molecule has 0 fully saturated rings. The van der Waals surface area contributed by atoms with Crippen molar-refractivity contribution in [3.8, 4) is 0 Å². The van der Waals surface area contributed by atoms with Crippen molar-refractivity contribution in [1.82, 2.24) is 0 Å². The van der Waals surface area contributed by atoms with Gasteiger partial charge in [-0.3, -0.25) is 5.32 Å². The Morgan fingerprint density at radius 3 is 2.59 bits per heavy atom. The minimum atomic E-state index is -0.612. The highest BCUT2D eigenvalue weighted by Crippen LogP contribution is 2.30. The maximum Gasteiger partial charge on any atom is 0.411 e. The molecule has 0 aliphatic heterocycles. The molecular weight excluding hydrogens is 302 g/mol. The number of methoxy groups -OCH3 is 1. The lowest BCUT2D eigenvalue weighted by atomic mass is 10.1. The third-order valence-corrected chi connectivity index (χ3v) is 3.95. The number of rotatable bonds is 5. The third-order valence-electron chi connectivity index (χ3n) is 2.90. The van der Waals surface area contributed by atoms with Crippen LogP contribution in [0, 0.1) is 0 Å². The molecule has 0 saturated heterocycles. The molecule has 116 valence electrons. The fourth-order valence-electron chi connectivity index (χ4n) is 1.92. The van der Waals surface area contributed by atoms with Crippen molar-refractivity contribution in [3.63, 3.8) is 0 Å². The van der Waals surface area contributed by atoms with E-state index in [1.165, 1.54) is 18.4 Å². The summed E-state index contributed by atoms with van der Waals surface area (Å²) in [7, 11) is 1.28. The van der Waals surface area contributed by atoms with Gasteiger partial charge in [-0.1, -0.05) is 30.3 Å². The predicted molar refractivity (Wildman–Crippen MR) is 85.6 cm³/mol.